The number of likely N-dealkylation sites (N-methyl/N-ethyl adjacent to an activating group) is 1. The first-order valence-electron chi connectivity index (χ1n) is 6.16. The second-order valence-corrected chi connectivity index (χ2v) is 4.79. The van der Waals surface area contributed by atoms with Gasteiger partial charge in [0.1, 0.15) is 6.61 Å². The van der Waals surface area contributed by atoms with Gasteiger partial charge in [-0.05, 0) is 20.4 Å². The number of aryl methyl sites for hydroxylation is 2. The number of aromatic nitrogens is 2. The second kappa shape index (κ2) is 7.77. The van der Waals surface area contributed by atoms with Crippen molar-refractivity contribution in [2.45, 2.75) is 32.2 Å². The Kier molecular flexibility index (Phi) is 6.68. The zero-order valence-corrected chi connectivity index (χ0v) is 12.2. The van der Waals surface area contributed by atoms with Gasteiger partial charge in [-0.2, -0.15) is 5.10 Å². The molecule has 1 atom stereocenters. The number of nitrogens with one attached hydrogen (secondary N) is 1. The SMILES string of the molecule is CNC(CCOCC(F)F)Cc1c(Cl)c(C)nn1C. The van der Waals surface area contributed by atoms with Crippen LogP contribution < -0.4 is 5.32 Å². The molecule has 0 saturated carbocycles. The van der Waals surface area contributed by atoms with Crippen LogP contribution in [-0.4, -0.2) is 42.5 Å². The number of alkyl halides is 2. The van der Waals surface area contributed by atoms with E-state index in [1.54, 1.807) is 4.68 Å². The summed E-state index contributed by atoms with van der Waals surface area (Å²) in [5, 5.41) is 8.04. The molecule has 0 aliphatic rings. The molecule has 0 aromatic carbocycles. The Morgan fingerprint density at radius 1 is 1.47 bits per heavy atom. The van der Waals surface area contributed by atoms with Gasteiger partial charge < -0.3 is 10.1 Å². The van der Waals surface area contributed by atoms with Crippen molar-refractivity contribution in [3.05, 3.63) is 16.4 Å². The van der Waals surface area contributed by atoms with Gasteiger partial charge in [0.05, 0.1) is 16.4 Å². The van der Waals surface area contributed by atoms with E-state index in [9.17, 15) is 8.78 Å². The van der Waals surface area contributed by atoms with Crippen LogP contribution in [0, 0.1) is 6.92 Å². The van der Waals surface area contributed by atoms with Gasteiger partial charge in [-0.15, -0.1) is 0 Å². The molecular weight excluding hydrogens is 276 g/mol. The number of hydrogen-bond donors (Lipinski definition) is 1. The third kappa shape index (κ3) is 5.04. The van der Waals surface area contributed by atoms with E-state index in [2.05, 4.69) is 10.4 Å². The van der Waals surface area contributed by atoms with E-state index in [1.165, 1.54) is 0 Å². The van der Waals surface area contributed by atoms with Crippen molar-refractivity contribution < 1.29 is 13.5 Å². The van der Waals surface area contributed by atoms with Gasteiger partial charge in [0, 0.05) is 26.1 Å². The van der Waals surface area contributed by atoms with E-state index < -0.39 is 13.0 Å². The molecule has 0 saturated heterocycles. The summed E-state index contributed by atoms with van der Waals surface area (Å²) in [6.45, 7) is 1.64. The number of rotatable bonds is 8. The van der Waals surface area contributed by atoms with Crippen LogP contribution in [0.15, 0.2) is 0 Å². The summed E-state index contributed by atoms with van der Waals surface area (Å²) >= 11 is 6.18. The minimum atomic E-state index is -2.41. The second-order valence-electron chi connectivity index (χ2n) is 4.41. The van der Waals surface area contributed by atoms with E-state index in [0.29, 0.717) is 24.5 Å². The van der Waals surface area contributed by atoms with Crippen molar-refractivity contribution in [2.75, 3.05) is 20.3 Å². The first-order chi connectivity index (χ1) is 8.95. The Bertz CT molecular complexity index is 399. The molecule has 0 bridgehead atoms. The van der Waals surface area contributed by atoms with Gasteiger partial charge in [-0.1, -0.05) is 11.6 Å². The molecule has 1 aromatic rings. The van der Waals surface area contributed by atoms with Crippen LogP contribution in [0.1, 0.15) is 17.8 Å². The van der Waals surface area contributed by atoms with E-state index in [4.69, 9.17) is 16.3 Å². The van der Waals surface area contributed by atoms with Gasteiger partial charge in [0.15, 0.2) is 0 Å². The Balaban J connectivity index is 2.48. The van der Waals surface area contributed by atoms with E-state index in [0.717, 1.165) is 11.4 Å². The lowest BCUT2D eigenvalue weighted by atomic mass is 10.1. The first-order valence-corrected chi connectivity index (χ1v) is 6.54. The van der Waals surface area contributed by atoms with E-state index in [-0.39, 0.29) is 6.04 Å². The molecule has 110 valence electrons. The van der Waals surface area contributed by atoms with Gasteiger partial charge in [0.25, 0.3) is 6.43 Å². The molecular formula is C12H20ClF2N3O. The number of nitrogens with zero attached hydrogens (tertiary/aromatic N) is 2. The lowest BCUT2D eigenvalue weighted by molar-refractivity contribution is 0.0145. The van der Waals surface area contributed by atoms with Gasteiger partial charge in [0.2, 0.25) is 0 Å². The van der Waals surface area contributed by atoms with Gasteiger partial charge >= 0.3 is 0 Å². The summed E-state index contributed by atoms with van der Waals surface area (Å²) in [4.78, 5) is 0. The van der Waals surface area contributed by atoms with Crippen LogP contribution in [0.5, 0.6) is 0 Å². The van der Waals surface area contributed by atoms with Crippen LogP contribution in [0.2, 0.25) is 5.02 Å². The zero-order chi connectivity index (χ0) is 14.4. The van der Waals surface area contributed by atoms with Crippen molar-refractivity contribution in [1.82, 2.24) is 15.1 Å². The number of hydrogen-bond acceptors (Lipinski definition) is 3. The summed E-state index contributed by atoms with van der Waals surface area (Å²) < 4.78 is 30.5. The summed E-state index contributed by atoms with van der Waals surface area (Å²) in [5.74, 6) is 0. The first kappa shape index (κ1) is 16.3. The van der Waals surface area contributed by atoms with Crippen molar-refractivity contribution in [2.24, 2.45) is 7.05 Å². The van der Waals surface area contributed by atoms with E-state index >= 15 is 0 Å². The maximum absolute atomic E-state index is 11.9. The zero-order valence-electron chi connectivity index (χ0n) is 11.4. The van der Waals surface area contributed by atoms with Crippen molar-refractivity contribution in [1.29, 1.82) is 0 Å². The predicted octanol–water partition coefficient (Wildman–Crippen LogP) is 2.18. The average Bonchev–Trinajstić information content (AvgIpc) is 2.58. The highest BCUT2D eigenvalue weighted by Crippen LogP contribution is 2.21. The van der Waals surface area contributed by atoms with Gasteiger partial charge in [-0.25, -0.2) is 8.78 Å². The molecule has 0 amide bonds. The molecule has 19 heavy (non-hydrogen) atoms. The summed E-state index contributed by atoms with van der Waals surface area (Å²) in [5.41, 5.74) is 1.73. The highest BCUT2D eigenvalue weighted by atomic mass is 35.5. The standard InChI is InChI=1S/C12H20ClF2N3O/c1-8-12(13)10(18(3)17-8)6-9(16-2)4-5-19-7-11(14)15/h9,11,16H,4-7H2,1-3H3. The lowest BCUT2D eigenvalue weighted by Gasteiger charge is -2.16. The third-order valence-corrected chi connectivity index (χ3v) is 3.46. The number of ether oxygens (including phenoxy) is 1. The maximum atomic E-state index is 11.9. The topological polar surface area (TPSA) is 39.1 Å². The predicted molar refractivity (Wildman–Crippen MR) is 70.9 cm³/mol. The molecule has 0 fully saturated rings. The molecule has 1 N–H and O–H groups in total. The van der Waals surface area contributed by atoms with Crippen LogP contribution in [0.3, 0.4) is 0 Å². The van der Waals surface area contributed by atoms with Crippen molar-refractivity contribution in [3.63, 3.8) is 0 Å². The van der Waals surface area contributed by atoms with Crippen LogP contribution in [0.25, 0.3) is 0 Å². The molecule has 0 aliphatic carbocycles. The average molecular weight is 296 g/mol. The Hall–Kier alpha value is -0.720. The van der Waals surface area contributed by atoms with Crippen LogP contribution in [0.4, 0.5) is 8.78 Å². The molecule has 1 unspecified atom stereocenters. The Morgan fingerprint density at radius 2 is 2.16 bits per heavy atom. The largest absolute Gasteiger partial charge is 0.375 e. The van der Waals surface area contributed by atoms with Crippen LogP contribution in [-0.2, 0) is 18.2 Å². The van der Waals surface area contributed by atoms with Crippen molar-refractivity contribution >= 4 is 11.6 Å². The number of halogens is 3. The summed E-state index contributed by atoms with van der Waals surface area (Å²) in [6.07, 6.45) is -1.09. The Labute approximate surface area is 117 Å². The smallest absolute Gasteiger partial charge is 0.261 e. The molecule has 1 heterocycles. The third-order valence-electron chi connectivity index (χ3n) is 2.96. The molecule has 1 rings (SSSR count). The Morgan fingerprint density at radius 3 is 2.63 bits per heavy atom. The minimum absolute atomic E-state index is 0.116. The quantitative estimate of drug-likeness (QED) is 0.747. The highest BCUT2D eigenvalue weighted by Gasteiger charge is 2.16. The molecule has 4 nitrogen and oxygen atoms in total. The van der Waals surface area contributed by atoms with Crippen LogP contribution >= 0.6 is 11.6 Å². The minimum Gasteiger partial charge on any atom is -0.375 e. The molecule has 0 radical (unpaired) electrons. The fourth-order valence-corrected chi connectivity index (χ4v) is 2.12. The van der Waals surface area contributed by atoms with Crippen molar-refractivity contribution in [3.8, 4) is 0 Å². The lowest BCUT2D eigenvalue weighted by Crippen LogP contribution is -2.30. The normalized spacial score (nSPS) is 13.2. The molecule has 0 aliphatic heterocycles. The molecule has 1 aromatic heterocycles. The monoisotopic (exact) mass is 295 g/mol. The molecule has 7 heteroatoms. The maximum Gasteiger partial charge on any atom is 0.261 e. The van der Waals surface area contributed by atoms with Gasteiger partial charge in [-0.3, -0.25) is 4.68 Å². The fraction of sp³-hybridized carbons (Fsp3) is 0.750. The summed E-state index contributed by atoms with van der Waals surface area (Å²) in [7, 11) is 3.67. The molecule has 0 spiro atoms. The fourth-order valence-electron chi connectivity index (χ4n) is 1.88. The summed E-state index contributed by atoms with van der Waals surface area (Å²) in [6, 6.07) is 0.116. The highest BCUT2D eigenvalue weighted by molar-refractivity contribution is 6.31. The van der Waals surface area contributed by atoms with E-state index in [1.807, 2.05) is 21.0 Å².